The summed E-state index contributed by atoms with van der Waals surface area (Å²) in [6.07, 6.45) is 1.85. The van der Waals surface area contributed by atoms with Crippen molar-refractivity contribution < 1.29 is 10.2 Å². The van der Waals surface area contributed by atoms with Gasteiger partial charge in [-0.25, -0.2) is 15.0 Å². The monoisotopic (exact) mass is 311 g/mol. The molecule has 7 nitrogen and oxygen atoms in total. The molecule has 4 rings (SSSR count). The van der Waals surface area contributed by atoms with E-state index in [-0.39, 0.29) is 12.0 Å². The Morgan fingerprint density at radius 1 is 1.04 bits per heavy atom. The second-order valence-corrected chi connectivity index (χ2v) is 5.88. The van der Waals surface area contributed by atoms with Gasteiger partial charge in [-0.05, 0) is 12.0 Å². The molecule has 23 heavy (non-hydrogen) atoms. The fourth-order valence-corrected chi connectivity index (χ4v) is 3.43. The second-order valence-electron chi connectivity index (χ2n) is 5.88. The predicted octanol–water partition coefficient (Wildman–Crippen LogP) is 0.859. The van der Waals surface area contributed by atoms with E-state index >= 15 is 0 Å². The van der Waals surface area contributed by atoms with Crippen molar-refractivity contribution in [2.45, 2.75) is 30.6 Å². The van der Waals surface area contributed by atoms with Gasteiger partial charge in [-0.3, -0.25) is 0 Å². The van der Waals surface area contributed by atoms with Crippen LogP contribution in [0.4, 0.5) is 5.82 Å². The summed E-state index contributed by atoms with van der Waals surface area (Å²) in [6.45, 7) is 0. The summed E-state index contributed by atoms with van der Waals surface area (Å²) >= 11 is 0. The predicted molar refractivity (Wildman–Crippen MR) is 84.6 cm³/mol. The Kier molecular flexibility index (Phi) is 3.24. The first-order valence-electron chi connectivity index (χ1n) is 7.51. The van der Waals surface area contributed by atoms with Gasteiger partial charge in [-0.15, -0.1) is 0 Å². The molecule has 2 aromatic heterocycles. The van der Waals surface area contributed by atoms with Crippen molar-refractivity contribution in [2.24, 2.45) is 0 Å². The molecule has 2 heterocycles. The number of hydrogen-bond acceptors (Lipinski definition) is 6. The van der Waals surface area contributed by atoms with Gasteiger partial charge < -0.3 is 20.5 Å². The first kappa shape index (κ1) is 14.1. The Morgan fingerprint density at radius 3 is 2.61 bits per heavy atom. The summed E-state index contributed by atoms with van der Waals surface area (Å²) < 4.78 is 1.78. The van der Waals surface area contributed by atoms with Crippen molar-refractivity contribution >= 4 is 17.0 Å². The van der Waals surface area contributed by atoms with Crippen LogP contribution < -0.4 is 5.73 Å². The molecule has 3 aromatic rings. The topological polar surface area (TPSA) is 110 Å². The fraction of sp³-hybridized carbons (Fsp3) is 0.312. The summed E-state index contributed by atoms with van der Waals surface area (Å²) in [4.78, 5) is 12.4. The molecule has 4 atom stereocenters. The largest absolute Gasteiger partial charge is 0.390 e. The lowest BCUT2D eigenvalue weighted by Gasteiger charge is -2.18. The molecule has 1 saturated carbocycles. The van der Waals surface area contributed by atoms with Crippen LogP contribution in [0.25, 0.3) is 11.2 Å². The zero-order chi connectivity index (χ0) is 16.0. The average Bonchev–Trinajstić information content (AvgIpc) is 3.12. The van der Waals surface area contributed by atoms with Crippen LogP contribution in [0.1, 0.15) is 23.9 Å². The number of aromatic nitrogens is 4. The van der Waals surface area contributed by atoms with Crippen LogP contribution in [0.5, 0.6) is 0 Å². The van der Waals surface area contributed by atoms with Crippen LogP contribution in [0.15, 0.2) is 43.0 Å². The van der Waals surface area contributed by atoms with E-state index in [0.717, 1.165) is 5.56 Å². The molecule has 1 fully saturated rings. The normalized spacial score (nSPS) is 27.6. The van der Waals surface area contributed by atoms with E-state index in [2.05, 4.69) is 15.0 Å². The van der Waals surface area contributed by atoms with E-state index < -0.39 is 12.2 Å². The Morgan fingerprint density at radius 2 is 1.83 bits per heavy atom. The maximum Gasteiger partial charge on any atom is 0.165 e. The average molecular weight is 311 g/mol. The van der Waals surface area contributed by atoms with Crippen molar-refractivity contribution in [2.75, 3.05) is 5.73 Å². The molecule has 1 aliphatic carbocycles. The molecule has 7 heteroatoms. The zero-order valence-corrected chi connectivity index (χ0v) is 12.3. The Labute approximate surface area is 132 Å². The van der Waals surface area contributed by atoms with Crippen LogP contribution in [0.3, 0.4) is 0 Å². The van der Waals surface area contributed by atoms with E-state index in [4.69, 9.17) is 5.73 Å². The van der Waals surface area contributed by atoms with Crippen LogP contribution in [0, 0.1) is 0 Å². The van der Waals surface area contributed by atoms with E-state index in [0.29, 0.717) is 23.4 Å². The van der Waals surface area contributed by atoms with Gasteiger partial charge in [0.2, 0.25) is 0 Å². The van der Waals surface area contributed by atoms with Gasteiger partial charge in [0.15, 0.2) is 11.5 Å². The zero-order valence-electron chi connectivity index (χ0n) is 12.3. The van der Waals surface area contributed by atoms with Crippen molar-refractivity contribution in [3.63, 3.8) is 0 Å². The molecule has 1 aromatic carbocycles. The van der Waals surface area contributed by atoms with Crippen molar-refractivity contribution in [3.05, 3.63) is 48.5 Å². The molecule has 0 saturated heterocycles. The number of benzene rings is 1. The number of hydrogen-bond donors (Lipinski definition) is 3. The molecule has 0 unspecified atom stereocenters. The van der Waals surface area contributed by atoms with Crippen LogP contribution in [0.2, 0.25) is 0 Å². The van der Waals surface area contributed by atoms with Gasteiger partial charge in [0.25, 0.3) is 0 Å². The number of aliphatic hydroxyl groups is 2. The molecule has 0 radical (unpaired) electrons. The quantitative estimate of drug-likeness (QED) is 0.647. The smallest absolute Gasteiger partial charge is 0.165 e. The molecule has 4 N–H and O–H groups in total. The third-order valence-electron chi connectivity index (χ3n) is 4.62. The number of nitrogens with zero attached hydrogens (tertiary/aromatic N) is 4. The van der Waals surface area contributed by atoms with Crippen molar-refractivity contribution in [3.8, 4) is 0 Å². The lowest BCUT2D eigenvalue weighted by molar-refractivity contribution is 0.0178. The molecular weight excluding hydrogens is 294 g/mol. The van der Waals surface area contributed by atoms with E-state index in [9.17, 15) is 10.2 Å². The summed E-state index contributed by atoms with van der Waals surface area (Å²) in [5.74, 6) is 0.175. The van der Waals surface area contributed by atoms with Crippen LogP contribution >= 0.6 is 0 Å². The number of aliphatic hydroxyl groups excluding tert-OH is 2. The highest BCUT2D eigenvalue weighted by Gasteiger charge is 2.43. The SMILES string of the molecule is Nc1ncnc2c1ncn2[C@@H]1C[C@H](c2ccccc2)[C@@H](O)[C@H]1O. The molecule has 0 bridgehead atoms. The van der Waals surface area contributed by atoms with Gasteiger partial charge in [-0.1, -0.05) is 30.3 Å². The minimum absolute atomic E-state index is 0.132. The number of nitrogen functional groups attached to an aromatic ring is 1. The molecule has 0 aliphatic heterocycles. The number of imidazole rings is 1. The lowest BCUT2D eigenvalue weighted by Crippen LogP contribution is -2.28. The first-order chi connectivity index (χ1) is 11.2. The lowest BCUT2D eigenvalue weighted by atomic mass is 9.95. The summed E-state index contributed by atoms with van der Waals surface area (Å²) in [7, 11) is 0. The Balaban J connectivity index is 1.73. The second kappa shape index (κ2) is 5.29. The van der Waals surface area contributed by atoms with E-state index in [1.165, 1.54) is 6.33 Å². The summed E-state index contributed by atoms with van der Waals surface area (Å²) in [5, 5.41) is 21.0. The molecule has 0 spiro atoms. The van der Waals surface area contributed by atoms with Crippen LogP contribution in [-0.2, 0) is 0 Å². The Hall–Kier alpha value is -2.51. The summed E-state index contributed by atoms with van der Waals surface area (Å²) in [5.41, 5.74) is 7.91. The maximum absolute atomic E-state index is 10.5. The highest BCUT2D eigenvalue weighted by Crippen LogP contribution is 2.42. The van der Waals surface area contributed by atoms with Crippen LogP contribution in [-0.4, -0.2) is 41.9 Å². The van der Waals surface area contributed by atoms with Gasteiger partial charge in [-0.2, -0.15) is 0 Å². The fourth-order valence-electron chi connectivity index (χ4n) is 3.43. The van der Waals surface area contributed by atoms with Gasteiger partial charge in [0, 0.05) is 5.92 Å². The number of anilines is 1. The van der Waals surface area contributed by atoms with E-state index in [1.54, 1.807) is 10.9 Å². The van der Waals surface area contributed by atoms with Gasteiger partial charge >= 0.3 is 0 Å². The molecule has 0 amide bonds. The third-order valence-corrected chi connectivity index (χ3v) is 4.62. The molecule has 1 aliphatic rings. The van der Waals surface area contributed by atoms with Crippen molar-refractivity contribution in [1.29, 1.82) is 0 Å². The van der Waals surface area contributed by atoms with Crippen molar-refractivity contribution in [1.82, 2.24) is 19.5 Å². The van der Waals surface area contributed by atoms with E-state index in [1.807, 2.05) is 30.3 Å². The standard InChI is InChI=1S/C16H17N5O2/c17-15-12-16(19-7-18-15)21(8-20-12)11-6-10(13(22)14(11)23)9-4-2-1-3-5-9/h1-5,7-8,10-11,13-14,22-23H,6H2,(H2,17,18,19)/t10-,11-,13-,14+/m1/s1. The van der Waals surface area contributed by atoms with Gasteiger partial charge in [0.05, 0.1) is 18.5 Å². The third kappa shape index (κ3) is 2.16. The maximum atomic E-state index is 10.5. The first-order valence-corrected chi connectivity index (χ1v) is 7.51. The summed E-state index contributed by atoms with van der Waals surface area (Å²) in [6, 6.07) is 9.42. The number of nitrogens with two attached hydrogens (primary N) is 1. The van der Waals surface area contributed by atoms with Gasteiger partial charge in [0.1, 0.15) is 17.9 Å². The highest BCUT2D eigenvalue weighted by atomic mass is 16.3. The number of fused-ring (bicyclic) bond motifs is 1. The number of rotatable bonds is 2. The Bertz CT molecular complexity index is 835. The minimum atomic E-state index is -0.895. The minimum Gasteiger partial charge on any atom is -0.390 e. The highest BCUT2D eigenvalue weighted by molar-refractivity contribution is 5.81. The molecular formula is C16H17N5O2. The molecule has 118 valence electrons.